The summed E-state index contributed by atoms with van der Waals surface area (Å²) in [4.78, 5) is 0. The average molecular weight is 287 g/mol. The van der Waals surface area contributed by atoms with Gasteiger partial charge < -0.3 is 19.5 Å². The third-order valence-electron chi connectivity index (χ3n) is 3.26. The quantitative estimate of drug-likeness (QED) is 0.836. The molecule has 1 saturated heterocycles. The van der Waals surface area contributed by atoms with Crippen molar-refractivity contribution in [2.24, 2.45) is 5.92 Å². The Morgan fingerprint density at radius 1 is 1.45 bits per heavy atom. The average Bonchev–Trinajstić information content (AvgIpc) is 2.93. The van der Waals surface area contributed by atoms with Crippen molar-refractivity contribution in [3.63, 3.8) is 0 Å². The largest absolute Gasteiger partial charge is 0.493 e. The van der Waals surface area contributed by atoms with Crippen molar-refractivity contribution in [3.8, 4) is 11.5 Å². The van der Waals surface area contributed by atoms with Gasteiger partial charge in [0.25, 0.3) is 0 Å². The number of benzene rings is 1. The molecule has 1 aromatic carbocycles. The Bertz CT molecular complexity index is 423. The molecule has 0 spiro atoms. The Balaban J connectivity index is 1.97. The summed E-state index contributed by atoms with van der Waals surface area (Å²) >= 11 is 0. The van der Waals surface area contributed by atoms with E-state index < -0.39 is 6.61 Å². The molecule has 2 rings (SSSR count). The van der Waals surface area contributed by atoms with E-state index in [9.17, 15) is 8.78 Å². The van der Waals surface area contributed by atoms with Gasteiger partial charge in [-0.15, -0.1) is 0 Å². The van der Waals surface area contributed by atoms with Crippen LogP contribution in [0.3, 0.4) is 0 Å². The number of ether oxygens (including phenoxy) is 3. The maximum Gasteiger partial charge on any atom is 0.387 e. The topological polar surface area (TPSA) is 39.7 Å². The van der Waals surface area contributed by atoms with Crippen molar-refractivity contribution < 1.29 is 23.0 Å². The summed E-state index contributed by atoms with van der Waals surface area (Å²) < 4.78 is 39.9. The molecule has 0 amide bonds. The minimum Gasteiger partial charge on any atom is -0.493 e. The summed E-state index contributed by atoms with van der Waals surface area (Å²) in [6.45, 7) is -0.0639. The van der Waals surface area contributed by atoms with Crippen LogP contribution in [0.2, 0.25) is 0 Å². The van der Waals surface area contributed by atoms with E-state index in [2.05, 4.69) is 10.1 Å². The van der Waals surface area contributed by atoms with Crippen molar-refractivity contribution in [1.82, 2.24) is 5.32 Å². The fourth-order valence-corrected chi connectivity index (χ4v) is 2.24. The molecular formula is C14H19F2NO3. The lowest BCUT2D eigenvalue weighted by atomic mass is 10.1. The van der Waals surface area contributed by atoms with Gasteiger partial charge in [-0.2, -0.15) is 8.78 Å². The van der Waals surface area contributed by atoms with Crippen LogP contribution in [0.4, 0.5) is 8.78 Å². The highest BCUT2D eigenvalue weighted by atomic mass is 19.3. The monoisotopic (exact) mass is 287 g/mol. The van der Waals surface area contributed by atoms with Gasteiger partial charge in [-0.05, 0) is 18.4 Å². The molecule has 1 aromatic rings. The molecule has 1 fully saturated rings. The van der Waals surface area contributed by atoms with Gasteiger partial charge in [-0.1, -0.05) is 12.1 Å². The summed E-state index contributed by atoms with van der Waals surface area (Å²) in [6, 6.07) is 5.11. The van der Waals surface area contributed by atoms with Crippen LogP contribution in [-0.2, 0) is 11.3 Å². The van der Waals surface area contributed by atoms with Gasteiger partial charge in [0.1, 0.15) is 0 Å². The zero-order valence-electron chi connectivity index (χ0n) is 11.4. The molecular weight excluding hydrogens is 268 g/mol. The predicted molar refractivity (Wildman–Crippen MR) is 70.3 cm³/mol. The van der Waals surface area contributed by atoms with Gasteiger partial charge in [0.2, 0.25) is 0 Å². The van der Waals surface area contributed by atoms with Crippen LogP contribution < -0.4 is 14.8 Å². The van der Waals surface area contributed by atoms with E-state index in [0.717, 1.165) is 26.2 Å². The summed E-state index contributed by atoms with van der Waals surface area (Å²) in [5.74, 6) is 0.897. The lowest BCUT2D eigenvalue weighted by Gasteiger charge is -2.15. The molecule has 4 nitrogen and oxygen atoms in total. The molecule has 1 N–H and O–H groups in total. The van der Waals surface area contributed by atoms with Crippen LogP contribution in [0.5, 0.6) is 11.5 Å². The molecule has 6 heteroatoms. The number of hydrogen-bond donors (Lipinski definition) is 1. The second kappa shape index (κ2) is 7.40. The zero-order valence-corrected chi connectivity index (χ0v) is 11.4. The summed E-state index contributed by atoms with van der Waals surface area (Å²) in [5.41, 5.74) is 0.656. The number of hydrogen-bond acceptors (Lipinski definition) is 4. The first-order chi connectivity index (χ1) is 9.70. The lowest BCUT2D eigenvalue weighted by molar-refractivity contribution is -0.0518. The fraction of sp³-hybridized carbons (Fsp3) is 0.571. The first-order valence-electron chi connectivity index (χ1n) is 6.60. The molecule has 0 saturated carbocycles. The molecule has 0 aromatic heterocycles. The number of methoxy groups -OCH3 is 1. The Labute approximate surface area is 117 Å². The van der Waals surface area contributed by atoms with E-state index in [1.807, 2.05) is 0 Å². The molecule has 1 atom stereocenters. The van der Waals surface area contributed by atoms with Gasteiger partial charge in [0, 0.05) is 25.3 Å². The highest BCUT2D eigenvalue weighted by molar-refractivity contribution is 5.46. The van der Waals surface area contributed by atoms with E-state index in [4.69, 9.17) is 9.47 Å². The summed E-state index contributed by atoms with van der Waals surface area (Å²) in [7, 11) is 1.43. The molecule has 1 unspecified atom stereocenters. The Morgan fingerprint density at radius 3 is 2.95 bits per heavy atom. The molecule has 112 valence electrons. The predicted octanol–water partition coefficient (Wildman–Crippen LogP) is 2.42. The Morgan fingerprint density at radius 2 is 2.30 bits per heavy atom. The second-order valence-electron chi connectivity index (χ2n) is 4.69. The normalized spacial score (nSPS) is 18.5. The van der Waals surface area contributed by atoms with Gasteiger partial charge in [0.05, 0.1) is 13.7 Å². The number of alkyl halides is 2. The first kappa shape index (κ1) is 15.0. The maximum atomic E-state index is 12.5. The van der Waals surface area contributed by atoms with E-state index in [1.54, 1.807) is 18.2 Å². The highest BCUT2D eigenvalue weighted by Gasteiger charge is 2.17. The third-order valence-corrected chi connectivity index (χ3v) is 3.26. The van der Waals surface area contributed by atoms with Crippen LogP contribution in [0.15, 0.2) is 18.2 Å². The number of halogens is 2. The molecule has 20 heavy (non-hydrogen) atoms. The standard InChI is InChI=1S/C14H19F2NO3/c1-18-12-4-2-3-11(13(12)20-14(15)16)8-17-7-10-5-6-19-9-10/h2-4,10,14,17H,5-9H2,1H3. The van der Waals surface area contributed by atoms with Crippen molar-refractivity contribution in [2.45, 2.75) is 19.6 Å². The van der Waals surface area contributed by atoms with Crippen LogP contribution in [0, 0.1) is 5.92 Å². The van der Waals surface area contributed by atoms with E-state index >= 15 is 0 Å². The zero-order chi connectivity index (χ0) is 14.4. The molecule has 1 heterocycles. The van der Waals surface area contributed by atoms with Crippen LogP contribution in [-0.4, -0.2) is 33.5 Å². The molecule has 0 bridgehead atoms. The second-order valence-corrected chi connectivity index (χ2v) is 4.69. The summed E-state index contributed by atoms with van der Waals surface area (Å²) in [5, 5.41) is 3.25. The number of nitrogens with one attached hydrogen (secondary N) is 1. The van der Waals surface area contributed by atoms with E-state index in [1.165, 1.54) is 7.11 Å². The summed E-state index contributed by atoms with van der Waals surface area (Å²) in [6.07, 6.45) is 1.03. The molecule has 1 aliphatic heterocycles. The van der Waals surface area contributed by atoms with Gasteiger partial charge in [0.15, 0.2) is 11.5 Å². The number of para-hydroxylation sites is 1. The minimum absolute atomic E-state index is 0.0974. The van der Waals surface area contributed by atoms with Crippen molar-refractivity contribution in [3.05, 3.63) is 23.8 Å². The minimum atomic E-state index is -2.87. The number of rotatable bonds is 7. The van der Waals surface area contributed by atoms with Gasteiger partial charge in [-0.3, -0.25) is 0 Å². The molecule has 1 aliphatic rings. The Hall–Kier alpha value is -1.40. The van der Waals surface area contributed by atoms with Crippen molar-refractivity contribution >= 4 is 0 Å². The van der Waals surface area contributed by atoms with E-state index in [-0.39, 0.29) is 5.75 Å². The van der Waals surface area contributed by atoms with E-state index in [0.29, 0.717) is 23.8 Å². The van der Waals surface area contributed by atoms with Crippen molar-refractivity contribution in [1.29, 1.82) is 0 Å². The molecule has 0 aliphatic carbocycles. The smallest absolute Gasteiger partial charge is 0.387 e. The molecule has 0 radical (unpaired) electrons. The van der Waals surface area contributed by atoms with Gasteiger partial charge in [-0.25, -0.2) is 0 Å². The first-order valence-corrected chi connectivity index (χ1v) is 6.60. The van der Waals surface area contributed by atoms with Crippen molar-refractivity contribution in [2.75, 3.05) is 26.9 Å². The maximum absolute atomic E-state index is 12.5. The van der Waals surface area contributed by atoms with Crippen LogP contribution in [0.25, 0.3) is 0 Å². The fourth-order valence-electron chi connectivity index (χ4n) is 2.24. The third kappa shape index (κ3) is 4.05. The van der Waals surface area contributed by atoms with Crippen LogP contribution >= 0.6 is 0 Å². The van der Waals surface area contributed by atoms with Crippen LogP contribution in [0.1, 0.15) is 12.0 Å². The Kier molecular flexibility index (Phi) is 5.55. The lowest BCUT2D eigenvalue weighted by Crippen LogP contribution is -2.23. The highest BCUT2D eigenvalue weighted by Crippen LogP contribution is 2.32. The SMILES string of the molecule is COc1cccc(CNCC2CCOC2)c1OC(F)F. The van der Waals surface area contributed by atoms with Gasteiger partial charge >= 0.3 is 6.61 Å².